The van der Waals surface area contributed by atoms with Gasteiger partial charge in [0.05, 0.1) is 0 Å². The third-order valence-corrected chi connectivity index (χ3v) is 4.12. The number of amides is 2. The van der Waals surface area contributed by atoms with Crippen molar-refractivity contribution in [1.82, 2.24) is 10.2 Å². The number of likely N-dealkylation sites (tertiary alicyclic amines) is 1. The number of carbonyl (C=O) groups is 2. The maximum Gasteiger partial charge on any atom is 0.410 e. The predicted molar refractivity (Wildman–Crippen MR) is 93.6 cm³/mol. The topological polar surface area (TPSA) is 58.6 Å². The van der Waals surface area contributed by atoms with Crippen molar-refractivity contribution < 1.29 is 18.7 Å². The van der Waals surface area contributed by atoms with Crippen LogP contribution in [0.3, 0.4) is 0 Å². The Morgan fingerprint density at radius 2 is 1.96 bits per heavy atom. The van der Waals surface area contributed by atoms with Crippen LogP contribution in [0.2, 0.25) is 0 Å². The zero-order valence-corrected chi connectivity index (χ0v) is 15.2. The molecule has 1 aromatic carbocycles. The van der Waals surface area contributed by atoms with Crippen LogP contribution in [0.5, 0.6) is 0 Å². The summed E-state index contributed by atoms with van der Waals surface area (Å²) in [6.45, 7) is 7.04. The van der Waals surface area contributed by atoms with Gasteiger partial charge in [-0.15, -0.1) is 0 Å². The minimum absolute atomic E-state index is 0.000224. The minimum atomic E-state index is -0.512. The van der Waals surface area contributed by atoms with Crippen LogP contribution < -0.4 is 5.32 Å². The zero-order chi connectivity index (χ0) is 18.4. The van der Waals surface area contributed by atoms with Crippen molar-refractivity contribution in [1.29, 1.82) is 0 Å². The van der Waals surface area contributed by atoms with Crippen LogP contribution in [-0.4, -0.2) is 42.1 Å². The normalized spacial score (nSPS) is 15.8. The zero-order valence-electron chi connectivity index (χ0n) is 15.2. The van der Waals surface area contributed by atoms with E-state index in [1.165, 1.54) is 12.1 Å². The molecule has 1 aromatic rings. The van der Waals surface area contributed by atoms with E-state index in [-0.39, 0.29) is 23.7 Å². The highest BCUT2D eigenvalue weighted by atomic mass is 19.1. The van der Waals surface area contributed by atoms with Crippen molar-refractivity contribution in [2.75, 3.05) is 19.6 Å². The average Bonchev–Trinajstić information content (AvgIpc) is 2.53. The number of ether oxygens (including phenoxy) is 1. The Labute approximate surface area is 148 Å². The molecule has 0 aliphatic carbocycles. The smallest absolute Gasteiger partial charge is 0.410 e. The van der Waals surface area contributed by atoms with Crippen molar-refractivity contribution in [3.05, 3.63) is 35.6 Å². The second-order valence-electron chi connectivity index (χ2n) is 7.41. The lowest BCUT2D eigenvalue weighted by Crippen LogP contribution is -2.45. The number of rotatable bonds is 4. The van der Waals surface area contributed by atoms with E-state index in [4.69, 9.17) is 4.74 Å². The quantitative estimate of drug-likeness (QED) is 0.908. The Hall–Kier alpha value is -2.11. The van der Waals surface area contributed by atoms with Gasteiger partial charge in [0.2, 0.25) is 5.91 Å². The molecule has 2 amide bonds. The van der Waals surface area contributed by atoms with Gasteiger partial charge in [-0.1, -0.05) is 12.1 Å². The van der Waals surface area contributed by atoms with Crippen molar-refractivity contribution >= 4 is 12.0 Å². The van der Waals surface area contributed by atoms with E-state index in [0.717, 1.165) is 5.56 Å². The first-order valence-corrected chi connectivity index (χ1v) is 8.75. The molecule has 1 aliphatic rings. The maximum absolute atomic E-state index is 13.1. The summed E-state index contributed by atoms with van der Waals surface area (Å²) in [5, 5.41) is 2.91. The molecule has 0 aromatic heterocycles. The Bertz CT molecular complexity index is 605. The highest BCUT2D eigenvalue weighted by molar-refractivity contribution is 5.79. The van der Waals surface area contributed by atoms with Crippen molar-refractivity contribution in [3.8, 4) is 0 Å². The maximum atomic E-state index is 13.1. The molecule has 0 bridgehead atoms. The summed E-state index contributed by atoms with van der Waals surface area (Å²) in [6, 6.07) is 6.39. The first-order valence-electron chi connectivity index (χ1n) is 8.75. The molecule has 1 fully saturated rings. The van der Waals surface area contributed by atoms with Gasteiger partial charge in [-0.3, -0.25) is 4.79 Å². The summed E-state index contributed by atoms with van der Waals surface area (Å²) in [6.07, 6.45) is 1.54. The number of nitrogens with one attached hydrogen (secondary N) is 1. The van der Waals surface area contributed by atoms with Crippen LogP contribution in [0, 0.1) is 11.7 Å². The van der Waals surface area contributed by atoms with Crippen LogP contribution in [0.25, 0.3) is 0 Å². The van der Waals surface area contributed by atoms with Gasteiger partial charge in [0, 0.05) is 25.6 Å². The third kappa shape index (κ3) is 6.36. The molecule has 0 saturated carbocycles. The van der Waals surface area contributed by atoms with Crippen molar-refractivity contribution in [2.24, 2.45) is 5.92 Å². The average molecular weight is 350 g/mol. The molecule has 25 heavy (non-hydrogen) atoms. The summed E-state index contributed by atoms with van der Waals surface area (Å²) < 4.78 is 18.5. The molecule has 1 saturated heterocycles. The standard InChI is InChI=1S/C19H27FN2O3/c1-19(2,3)25-18(24)22-11-8-15(9-12-22)17(23)21-10-7-14-5-4-6-16(20)13-14/h4-6,13,15H,7-12H2,1-3H3,(H,21,23). The summed E-state index contributed by atoms with van der Waals surface area (Å²) >= 11 is 0. The second-order valence-corrected chi connectivity index (χ2v) is 7.41. The highest BCUT2D eigenvalue weighted by Crippen LogP contribution is 2.19. The first-order chi connectivity index (χ1) is 11.7. The fraction of sp³-hybridized carbons (Fsp3) is 0.579. The van der Waals surface area contributed by atoms with E-state index < -0.39 is 5.60 Å². The number of nitrogens with zero attached hydrogens (tertiary/aromatic N) is 1. The van der Waals surface area contributed by atoms with E-state index in [9.17, 15) is 14.0 Å². The number of benzene rings is 1. The molecule has 6 heteroatoms. The summed E-state index contributed by atoms with van der Waals surface area (Å²) in [5.41, 5.74) is 0.349. The molecule has 1 heterocycles. The van der Waals surface area contributed by atoms with Gasteiger partial charge in [-0.2, -0.15) is 0 Å². The molecular weight excluding hydrogens is 323 g/mol. The van der Waals surface area contributed by atoms with Gasteiger partial charge in [-0.25, -0.2) is 9.18 Å². The lowest BCUT2D eigenvalue weighted by atomic mass is 9.96. The van der Waals surface area contributed by atoms with Crippen LogP contribution in [0.1, 0.15) is 39.2 Å². The lowest BCUT2D eigenvalue weighted by Gasteiger charge is -2.32. The highest BCUT2D eigenvalue weighted by Gasteiger charge is 2.29. The largest absolute Gasteiger partial charge is 0.444 e. The molecule has 1 N–H and O–H groups in total. The number of halogens is 1. The van der Waals surface area contributed by atoms with Gasteiger partial charge < -0.3 is 15.0 Å². The monoisotopic (exact) mass is 350 g/mol. The van der Waals surface area contributed by atoms with Gasteiger partial charge in [0.25, 0.3) is 0 Å². The van der Waals surface area contributed by atoms with Crippen LogP contribution in [0.4, 0.5) is 9.18 Å². The number of piperidine rings is 1. The minimum Gasteiger partial charge on any atom is -0.444 e. The fourth-order valence-electron chi connectivity index (χ4n) is 2.82. The number of hydrogen-bond donors (Lipinski definition) is 1. The van der Waals surface area contributed by atoms with Gasteiger partial charge in [0.15, 0.2) is 0 Å². The number of hydrogen-bond acceptors (Lipinski definition) is 3. The molecule has 138 valence electrons. The SMILES string of the molecule is CC(C)(C)OC(=O)N1CCC(C(=O)NCCc2cccc(F)c2)CC1. The van der Waals surface area contributed by atoms with E-state index in [1.54, 1.807) is 11.0 Å². The molecule has 2 rings (SSSR count). The Morgan fingerprint density at radius 3 is 2.56 bits per heavy atom. The number of carbonyl (C=O) groups excluding carboxylic acids is 2. The van der Waals surface area contributed by atoms with Crippen molar-refractivity contribution in [2.45, 2.75) is 45.6 Å². The Balaban J connectivity index is 1.71. The molecule has 0 radical (unpaired) electrons. The first kappa shape index (κ1) is 19.2. The summed E-state index contributed by atoms with van der Waals surface area (Å²) in [5.74, 6) is -0.357. The van der Waals surface area contributed by atoms with E-state index in [0.29, 0.717) is 38.9 Å². The Morgan fingerprint density at radius 1 is 1.28 bits per heavy atom. The van der Waals surface area contributed by atoms with Gasteiger partial charge >= 0.3 is 6.09 Å². The van der Waals surface area contributed by atoms with Gasteiger partial charge in [-0.05, 0) is 57.7 Å². The lowest BCUT2D eigenvalue weighted by molar-refractivity contribution is -0.126. The van der Waals surface area contributed by atoms with Crippen LogP contribution in [-0.2, 0) is 16.0 Å². The molecule has 1 aliphatic heterocycles. The summed E-state index contributed by atoms with van der Waals surface area (Å²) in [4.78, 5) is 25.9. The molecule has 0 unspecified atom stereocenters. The third-order valence-electron chi connectivity index (χ3n) is 4.12. The van der Waals surface area contributed by atoms with Crippen molar-refractivity contribution in [3.63, 3.8) is 0 Å². The van der Waals surface area contributed by atoms with Crippen LogP contribution in [0.15, 0.2) is 24.3 Å². The van der Waals surface area contributed by atoms with E-state index in [2.05, 4.69) is 5.32 Å². The second kappa shape index (κ2) is 8.32. The molecular formula is C19H27FN2O3. The Kier molecular flexibility index (Phi) is 6.39. The fourth-order valence-corrected chi connectivity index (χ4v) is 2.82. The molecule has 0 spiro atoms. The van der Waals surface area contributed by atoms with Crippen LogP contribution >= 0.6 is 0 Å². The predicted octanol–water partition coefficient (Wildman–Crippen LogP) is 3.13. The van der Waals surface area contributed by atoms with Gasteiger partial charge in [0.1, 0.15) is 11.4 Å². The van der Waals surface area contributed by atoms with E-state index >= 15 is 0 Å². The van der Waals surface area contributed by atoms with E-state index in [1.807, 2.05) is 26.8 Å². The molecule has 5 nitrogen and oxygen atoms in total. The molecule has 0 atom stereocenters. The summed E-state index contributed by atoms with van der Waals surface area (Å²) in [7, 11) is 0.